The van der Waals surface area contributed by atoms with Gasteiger partial charge in [-0.3, -0.25) is 4.79 Å². The molecule has 0 radical (unpaired) electrons. The third-order valence-corrected chi connectivity index (χ3v) is 5.63. The predicted molar refractivity (Wildman–Crippen MR) is 90.3 cm³/mol. The number of amides is 1. The van der Waals surface area contributed by atoms with Gasteiger partial charge in [0.25, 0.3) is 5.91 Å². The van der Waals surface area contributed by atoms with E-state index in [4.69, 9.17) is 0 Å². The first-order valence-electron chi connectivity index (χ1n) is 6.75. The maximum absolute atomic E-state index is 12.4. The topological polar surface area (TPSA) is 29.1 Å². The third kappa shape index (κ3) is 3.72. The average Bonchev–Trinajstić information content (AvgIpc) is 2.38. The summed E-state index contributed by atoms with van der Waals surface area (Å²) in [6.07, 6.45) is 3.59. The molecule has 0 aliphatic heterocycles. The molecule has 4 heteroatoms. The monoisotopic (exact) mass is 435 g/mol. The highest BCUT2D eigenvalue weighted by molar-refractivity contribution is 14.1. The van der Waals surface area contributed by atoms with Gasteiger partial charge < -0.3 is 5.32 Å². The van der Waals surface area contributed by atoms with Gasteiger partial charge >= 0.3 is 0 Å². The lowest BCUT2D eigenvalue weighted by atomic mass is 9.78. The Bertz CT molecular complexity index is 477. The Balaban J connectivity index is 2.10. The molecule has 2 nitrogen and oxygen atoms in total. The van der Waals surface area contributed by atoms with Crippen LogP contribution in [-0.2, 0) is 0 Å². The smallest absolute Gasteiger partial charge is 0.252 e. The van der Waals surface area contributed by atoms with Gasteiger partial charge in [-0.15, -0.1) is 0 Å². The molecule has 1 saturated carbocycles. The molecule has 1 aliphatic rings. The van der Waals surface area contributed by atoms with Crippen LogP contribution in [-0.4, -0.2) is 11.9 Å². The van der Waals surface area contributed by atoms with Gasteiger partial charge in [0.2, 0.25) is 0 Å². The van der Waals surface area contributed by atoms with Crippen LogP contribution >= 0.6 is 38.5 Å². The summed E-state index contributed by atoms with van der Waals surface area (Å²) >= 11 is 5.64. The minimum atomic E-state index is 0.0525. The van der Waals surface area contributed by atoms with Crippen LogP contribution in [0.1, 0.15) is 43.5 Å². The van der Waals surface area contributed by atoms with Crippen molar-refractivity contribution >= 4 is 44.4 Å². The van der Waals surface area contributed by atoms with E-state index in [2.05, 4.69) is 57.7 Å². The molecule has 1 amide bonds. The number of halogens is 2. The van der Waals surface area contributed by atoms with Crippen LogP contribution in [0, 0.1) is 15.4 Å². The summed E-state index contributed by atoms with van der Waals surface area (Å²) < 4.78 is 1.94. The lowest BCUT2D eigenvalue weighted by Gasteiger charge is -2.34. The van der Waals surface area contributed by atoms with Crippen LogP contribution in [0.15, 0.2) is 22.7 Å². The van der Waals surface area contributed by atoms with Gasteiger partial charge in [-0.1, -0.05) is 42.6 Å². The van der Waals surface area contributed by atoms with E-state index in [1.807, 2.05) is 18.2 Å². The number of rotatable bonds is 2. The van der Waals surface area contributed by atoms with Gasteiger partial charge in [0, 0.05) is 14.1 Å². The summed E-state index contributed by atoms with van der Waals surface area (Å²) in [5.41, 5.74) is 0.764. The molecule has 19 heavy (non-hydrogen) atoms. The lowest BCUT2D eigenvalue weighted by Crippen LogP contribution is -2.43. The molecule has 0 aromatic heterocycles. The second kappa shape index (κ2) is 6.57. The predicted octanol–water partition coefficient (Wildman–Crippen LogP) is 4.61. The van der Waals surface area contributed by atoms with Crippen molar-refractivity contribution < 1.29 is 4.79 Å². The molecule has 1 aromatic rings. The Morgan fingerprint density at radius 2 is 2.11 bits per heavy atom. The molecule has 3 unspecified atom stereocenters. The van der Waals surface area contributed by atoms with E-state index < -0.39 is 0 Å². The fourth-order valence-corrected chi connectivity index (χ4v) is 3.64. The fraction of sp³-hybridized carbons (Fsp3) is 0.533. The minimum absolute atomic E-state index is 0.0525. The zero-order chi connectivity index (χ0) is 14.0. The molecule has 3 atom stereocenters. The number of carbonyl (C=O) groups is 1. The summed E-state index contributed by atoms with van der Waals surface area (Å²) in [4.78, 5) is 12.4. The summed E-state index contributed by atoms with van der Waals surface area (Å²) in [5.74, 6) is 1.31. The molecular weight excluding hydrogens is 417 g/mol. The van der Waals surface area contributed by atoms with E-state index in [0.717, 1.165) is 20.0 Å². The van der Waals surface area contributed by atoms with Crippen LogP contribution in [0.4, 0.5) is 0 Å². The molecule has 0 spiro atoms. The van der Waals surface area contributed by atoms with Crippen LogP contribution in [0.3, 0.4) is 0 Å². The molecule has 0 saturated heterocycles. The van der Waals surface area contributed by atoms with Gasteiger partial charge in [-0.2, -0.15) is 0 Å². The first-order chi connectivity index (χ1) is 8.99. The first-order valence-corrected chi connectivity index (χ1v) is 8.62. The normalized spacial score (nSPS) is 27.1. The SMILES string of the molecule is CC1CCCC(NC(=O)c2cc(Br)ccc2I)C1C. The highest BCUT2D eigenvalue weighted by atomic mass is 127. The van der Waals surface area contributed by atoms with Crippen molar-refractivity contribution in [3.8, 4) is 0 Å². The molecule has 0 bridgehead atoms. The van der Waals surface area contributed by atoms with Crippen molar-refractivity contribution in [2.75, 3.05) is 0 Å². The zero-order valence-corrected chi connectivity index (χ0v) is 15.0. The van der Waals surface area contributed by atoms with E-state index in [9.17, 15) is 4.79 Å². The molecule has 1 aliphatic carbocycles. The highest BCUT2D eigenvalue weighted by Gasteiger charge is 2.28. The van der Waals surface area contributed by atoms with Gasteiger partial charge in [0.1, 0.15) is 0 Å². The Morgan fingerprint density at radius 1 is 1.37 bits per heavy atom. The van der Waals surface area contributed by atoms with Crippen LogP contribution in [0.5, 0.6) is 0 Å². The molecule has 1 aromatic carbocycles. The average molecular weight is 436 g/mol. The van der Waals surface area contributed by atoms with Gasteiger partial charge in [-0.25, -0.2) is 0 Å². The lowest BCUT2D eigenvalue weighted by molar-refractivity contribution is 0.0890. The van der Waals surface area contributed by atoms with Crippen molar-refractivity contribution in [3.05, 3.63) is 31.8 Å². The zero-order valence-electron chi connectivity index (χ0n) is 11.2. The summed E-state index contributed by atoms with van der Waals surface area (Å²) in [6.45, 7) is 4.53. The van der Waals surface area contributed by atoms with Crippen molar-refractivity contribution in [1.82, 2.24) is 5.32 Å². The maximum atomic E-state index is 12.4. The molecule has 2 rings (SSSR count). The number of nitrogens with one attached hydrogen (secondary N) is 1. The van der Waals surface area contributed by atoms with Gasteiger partial charge in [0.15, 0.2) is 0 Å². The number of carbonyl (C=O) groups excluding carboxylic acids is 1. The van der Waals surface area contributed by atoms with E-state index >= 15 is 0 Å². The quantitative estimate of drug-likeness (QED) is 0.675. The molecule has 0 heterocycles. The van der Waals surface area contributed by atoms with Gasteiger partial charge in [-0.05, 0) is 59.0 Å². The number of benzene rings is 1. The summed E-state index contributed by atoms with van der Waals surface area (Å²) in [6, 6.07) is 6.13. The molecule has 104 valence electrons. The van der Waals surface area contributed by atoms with Crippen LogP contribution in [0.25, 0.3) is 0 Å². The Morgan fingerprint density at radius 3 is 2.84 bits per heavy atom. The molecular formula is C15H19BrINO. The number of hydrogen-bond acceptors (Lipinski definition) is 1. The molecule has 1 fully saturated rings. The Kier molecular flexibility index (Phi) is 5.29. The van der Waals surface area contributed by atoms with E-state index in [1.165, 1.54) is 12.8 Å². The summed E-state index contributed by atoms with van der Waals surface area (Å²) in [7, 11) is 0. The van der Waals surface area contributed by atoms with Crippen LogP contribution in [0.2, 0.25) is 0 Å². The van der Waals surface area contributed by atoms with E-state index in [0.29, 0.717) is 17.9 Å². The van der Waals surface area contributed by atoms with Crippen molar-refractivity contribution in [3.63, 3.8) is 0 Å². The van der Waals surface area contributed by atoms with E-state index in [1.54, 1.807) is 0 Å². The van der Waals surface area contributed by atoms with Crippen LogP contribution < -0.4 is 5.32 Å². The maximum Gasteiger partial charge on any atom is 0.252 e. The Labute approximate surface area is 137 Å². The second-order valence-electron chi connectivity index (χ2n) is 5.47. The third-order valence-electron chi connectivity index (χ3n) is 4.20. The van der Waals surface area contributed by atoms with Gasteiger partial charge in [0.05, 0.1) is 5.56 Å². The second-order valence-corrected chi connectivity index (χ2v) is 7.55. The number of hydrogen-bond donors (Lipinski definition) is 1. The minimum Gasteiger partial charge on any atom is -0.349 e. The van der Waals surface area contributed by atoms with E-state index in [-0.39, 0.29) is 5.91 Å². The standard InChI is InChI=1S/C15H19BrINO/c1-9-4-3-5-14(10(9)2)18-15(19)12-8-11(16)6-7-13(12)17/h6-10,14H,3-5H2,1-2H3,(H,18,19). The first kappa shape index (κ1) is 15.3. The largest absolute Gasteiger partial charge is 0.349 e. The highest BCUT2D eigenvalue weighted by Crippen LogP contribution is 2.30. The van der Waals surface area contributed by atoms with Crippen molar-refractivity contribution in [1.29, 1.82) is 0 Å². The van der Waals surface area contributed by atoms with Crippen molar-refractivity contribution in [2.24, 2.45) is 11.8 Å². The fourth-order valence-electron chi connectivity index (χ4n) is 2.70. The Hall–Kier alpha value is -0.100. The molecule has 1 N–H and O–H groups in total. The summed E-state index contributed by atoms with van der Waals surface area (Å²) in [5, 5.41) is 3.22. The van der Waals surface area contributed by atoms with Crippen molar-refractivity contribution in [2.45, 2.75) is 39.2 Å².